The van der Waals surface area contributed by atoms with Gasteiger partial charge in [0.05, 0.1) is 11.9 Å². The second-order valence-electron chi connectivity index (χ2n) is 14.2. The van der Waals surface area contributed by atoms with Gasteiger partial charge in [0.2, 0.25) is 0 Å². The lowest BCUT2D eigenvalue weighted by Gasteiger charge is -2.45. The van der Waals surface area contributed by atoms with Gasteiger partial charge in [0.15, 0.2) is 5.65 Å². The molecule has 1 aliphatic rings. The second-order valence-corrected chi connectivity index (χ2v) is 14.2. The number of fused-ring (bicyclic) bond motifs is 1. The molecule has 0 unspecified atom stereocenters. The minimum atomic E-state index is -0.740. The molecule has 0 radical (unpaired) electrons. The Morgan fingerprint density at radius 3 is 2.37 bits per heavy atom. The number of carbonyl (C=O) groups is 2. The van der Waals surface area contributed by atoms with Crippen LogP contribution in [0.2, 0.25) is 0 Å². The molecule has 2 aromatic heterocycles. The van der Waals surface area contributed by atoms with Crippen molar-refractivity contribution in [3.8, 4) is 0 Å². The van der Waals surface area contributed by atoms with Crippen molar-refractivity contribution in [2.75, 3.05) is 22.5 Å². The molecule has 3 heterocycles. The number of rotatable bonds is 5. The molecular formula is C32H47N7O4. The number of ether oxygens (including phenoxy) is 2. The normalized spacial score (nSPS) is 17.2. The van der Waals surface area contributed by atoms with Crippen LogP contribution < -0.4 is 16.0 Å². The van der Waals surface area contributed by atoms with Crippen LogP contribution in [0.3, 0.4) is 0 Å². The first kappa shape index (κ1) is 31.9. The highest BCUT2D eigenvalue weighted by molar-refractivity contribution is 5.96. The lowest BCUT2D eigenvalue weighted by molar-refractivity contribution is -0.00828. The standard InChI is InChI=1S/C32H47N7O4/c1-20(2)24-18-34-39-26(38(29(41)43-31(6,7)8)23-13-11-12-21(33)16-23)17-25(36-27(24)39)35-22-14-15-32(9,10)37(19-22)28(40)42-30(3,4)5/h11-13,16-18,20,22H,14-15,19,33H2,1-10H3,(H,35,36)/t22-/m1/s1. The molecule has 1 fully saturated rings. The van der Waals surface area contributed by atoms with Crippen molar-refractivity contribution in [2.24, 2.45) is 0 Å². The van der Waals surface area contributed by atoms with Gasteiger partial charge in [-0.2, -0.15) is 9.61 Å². The lowest BCUT2D eigenvalue weighted by atomic mass is 9.88. The van der Waals surface area contributed by atoms with E-state index in [0.29, 0.717) is 35.2 Å². The maximum absolute atomic E-state index is 13.8. The number of hydrogen-bond donors (Lipinski definition) is 2. The van der Waals surface area contributed by atoms with Crippen LogP contribution in [0.15, 0.2) is 36.5 Å². The van der Waals surface area contributed by atoms with Gasteiger partial charge in [-0.1, -0.05) is 19.9 Å². The van der Waals surface area contributed by atoms with E-state index in [1.165, 1.54) is 4.90 Å². The van der Waals surface area contributed by atoms with Crippen LogP contribution in [-0.2, 0) is 9.47 Å². The van der Waals surface area contributed by atoms with Crippen molar-refractivity contribution in [2.45, 2.75) is 111 Å². The van der Waals surface area contributed by atoms with Gasteiger partial charge in [0.25, 0.3) is 0 Å². The van der Waals surface area contributed by atoms with E-state index in [4.69, 9.17) is 20.2 Å². The second kappa shape index (κ2) is 11.6. The minimum absolute atomic E-state index is 0.101. The zero-order valence-corrected chi connectivity index (χ0v) is 27.2. The van der Waals surface area contributed by atoms with E-state index in [-0.39, 0.29) is 23.6 Å². The van der Waals surface area contributed by atoms with Crippen LogP contribution in [0.5, 0.6) is 0 Å². The molecule has 1 atom stereocenters. The number of anilines is 4. The summed E-state index contributed by atoms with van der Waals surface area (Å²) in [6.07, 6.45) is 2.45. The third kappa shape index (κ3) is 7.50. The number of aromatic nitrogens is 3. The zero-order valence-electron chi connectivity index (χ0n) is 27.2. The van der Waals surface area contributed by atoms with E-state index < -0.39 is 17.3 Å². The van der Waals surface area contributed by atoms with Crippen LogP contribution in [0.4, 0.5) is 32.6 Å². The van der Waals surface area contributed by atoms with Gasteiger partial charge < -0.3 is 25.4 Å². The number of nitrogens with one attached hydrogen (secondary N) is 1. The summed E-state index contributed by atoms with van der Waals surface area (Å²) in [5.41, 5.74) is 7.03. The van der Waals surface area contributed by atoms with Gasteiger partial charge in [-0.15, -0.1) is 0 Å². The average molecular weight is 594 g/mol. The fourth-order valence-electron chi connectivity index (χ4n) is 5.09. The summed E-state index contributed by atoms with van der Waals surface area (Å²) in [7, 11) is 0. The van der Waals surface area contributed by atoms with E-state index in [1.54, 1.807) is 45.9 Å². The molecule has 0 aliphatic carbocycles. The molecule has 0 saturated carbocycles. The SMILES string of the molecule is CC(C)c1cnn2c(N(C(=O)OC(C)(C)C)c3cccc(N)c3)cc(N[C@@H]3CCC(C)(C)N(C(=O)OC(C)(C)C)C3)nc12. The predicted octanol–water partition coefficient (Wildman–Crippen LogP) is 7.10. The molecule has 2 amide bonds. The van der Waals surface area contributed by atoms with Crippen molar-refractivity contribution in [1.29, 1.82) is 0 Å². The summed E-state index contributed by atoms with van der Waals surface area (Å²) in [5.74, 6) is 1.13. The number of nitrogen functional groups attached to an aromatic ring is 1. The topological polar surface area (TPSA) is 127 Å². The van der Waals surface area contributed by atoms with E-state index in [1.807, 2.05) is 41.5 Å². The van der Waals surface area contributed by atoms with Gasteiger partial charge >= 0.3 is 12.2 Å². The number of carbonyl (C=O) groups excluding carboxylic acids is 2. The van der Waals surface area contributed by atoms with Crippen LogP contribution in [0.25, 0.3) is 5.65 Å². The first-order valence-corrected chi connectivity index (χ1v) is 14.9. The van der Waals surface area contributed by atoms with E-state index in [9.17, 15) is 9.59 Å². The van der Waals surface area contributed by atoms with Gasteiger partial charge in [-0.05, 0) is 92.3 Å². The van der Waals surface area contributed by atoms with E-state index in [2.05, 4.69) is 38.1 Å². The number of hydrogen-bond acceptors (Lipinski definition) is 8. The number of benzene rings is 1. The molecule has 0 spiro atoms. The summed E-state index contributed by atoms with van der Waals surface area (Å²) in [6.45, 7) is 19.8. The molecule has 1 saturated heterocycles. The van der Waals surface area contributed by atoms with Gasteiger partial charge in [-0.3, -0.25) is 0 Å². The Balaban J connectivity index is 1.79. The Hall–Kier alpha value is -4.02. The van der Waals surface area contributed by atoms with Gasteiger partial charge in [0.1, 0.15) is 22.8 Å². The molecule has 3 aromatic rings. The molecule has 1 aromatic carbocycles. The Labute approximate surface area is 254 Å². The summed E-state index contributed by atoms with van der Waals surface area (Å²) in [4.78, 5) is 35.2. The Bertz CT molecular complexity index is 1480. The molecule has 43 heavy (non-hydrogen) atoms. The van der Waals surface area contributed by atoms with Crippen molar-refractivity contribution in [1.82, 2.24) is 19.5 Å². The quantitative estimate of drug-likeness (QED) is 0.300. The lowest BCUT2D eigenvalue weighted by Crippen LogP contribution is -2.57. The average Bonchev–Trinajstić information content (AvgIpc) is 3.27. The third-order valence-electron chi connectivity index (χ3n) is 7.24. The summed E-state index contributed by atoms with van der Waals surface area (Å²) < 4.78 is 13.2. The van der Waals surface area contributed by atoms with Crippen LogP contribution in [0, 0.1) is 0 Å². The highest BCUT2D eigenvalue weighted by atomic mass is 16.6. The first-order chi connectivity index (χ1) is 19.8. The Kier molecular flexibility index (Phi) is 8.59. The Morgan fingerprint density at radius 2 is 1.77 bits per heavy atom. The fraction of sp³-hybridized carbons (Fsp3) is 0.562. The molecule has 0 bridgehead atoms. The minimum Gasteiger partial charge on any atom is -0.444 e. The van der Waals surface area contributed by atoms with Crippen LogP contribution >= 0.6 is 0 Å². The molecule has 3 N–H and O–H groups in total. The highest BCUT2D eigenvalue weighted by Crippen LogP contribution is 2.35. The first-order valence-electron chi connectivity index (χ1n) is 14.9. The molecular weight excluding hydrogens is 546 g/mol. The summed E-state index contributed by atoms with van der Waals surface area (Å²) >= 11 is 0. The van der Waals surface area contributed by atoms with Crippen LogP contribution in [-0.4, -0.2) is 61.0 Å². The molecule has 234 valence electrons. The van der Waals surface area contributed by atoms with Crippen molar-refractivity contribution in [3.63, 3.8) is 0 Å². The summed E-state index contributed by atoms with van der Waals surface area (Å²) in [6, 6.07) is 8.76. The zero-order chi connectivity index (χ0) is 31.9. The molecule has 4 rings (SSSR count). The number of amides is 2. The number of likely N-dealkylation sites (tertiary alicyclic amines) is 1. The van der Waals surface area contributed by atoms with Crippen LogP contribution in [0.1, 0.15) is 93.6 Å². The highest BCUT2D eigenvalue weighted by Gasteiger charge is 2.40. The third-order valence-corrected chi connectivity index (χ3v) is 7.24. The Morgan fingerprint density at radius 1 is 1.09 bits per heavy atom. The van der Waals surface area contributed by atoms with Crippen molar-refractivity contribution < 1.29 is 19.1 Å². The monoisotopic (exact) mass is 593 g/mol. The predicted molar refractivity (Wildman–Crippen MR) is 170 cm³/mol. The van der Waals surface area contributed by atoms with Gasteiger partial charge in [-0.25, -0.2) is 19.5 Å². The number of piperidine rings is 1. The smallest absolute Gasteiger partial charge is 0.420 e. The van der Waals surface area contributed by atoms with Crippen molar-refractivity contribution >= 4 is 40.8 Å². The molecule has 11 heteroatoms. The van der Waals surface area contributed by atoms with E-state index >= 15 is 0 Å². The maximum Gasteiger partial charge on any atom is 0.420 e. The largest absolute Gasteiger partial charge is 0.444 e. The summed E-state index contributed by atoms with van der Waals surface area (Å²) in [5, 5.41) is 8.19. The van der Waals surface area contributed by atoms with Gasteiger partial charge in [0, 0.05) is 35.4 Å². The number of nitrogens with zero attached hydrogens (tertiary/aromatic N) is 5. The van der Waals surface area contributed by atoms with Crippen molar-refractivity contribution in [3.05, 3.63) is 42.1 Å². The molecule has 11 nitrogen and oxygen atoms in total. The molecule has 1 aliphatic heterocycles. The number of nitrogens with two attached hydrogens (primary N) is 1. The van der Waals surface area contributed by atoms with E-state index in [0.717, 1.165) is 18.4 Å². The fourth-order valence-corrected chi connectivity index (χ4v) is 5.09. The maximum atomic E-state index is 13.8.